The van der Waals surface area contributed by atoms with Gasteiger partial charge < -0.3 is 4.90 Å². The van der Waals surface area contributed by atoms with Gasteiger partial charge in [0.15, 0.2) is 5.16 Å². The molecule has 0 saturated carbocycles. The fourth-order valence-corrected chi connectivity index (χ4v) is 3.83. The first-order valence-corrected chi connectivity index (χ1v) is 8.52. The standard InChI is InChI=1S/C16H16N6OS/c1-20-10-13(9-18-20)21-8-7-14(15(21)23)24-16-19-17-11-22(16)12-5-3-2-4-6-12/h2-6,9-11,14H,7-8H2,1H3/t14-/m1/s1. The topological polar surface area (TPSA) is 68.8 Å². The van der Waals surface area contributed by atoms with Crippen molar-refractivity contribution in [1.29, 1.82) is 0 Å². The molecule has 4 rings (SSSR count). The summed E-state index contributed by atoms with van der Waals surface area (Å²) in [5, 5.41) is 12.9. The van der Waals surface area contributed by atoms with Gasteiger partial charge in [0.1, 0.15) is 6.33 Å². The predicted molar refractivity (Wildman–Crippen MR) is 91.2 cm³/mol. The predicted octanol–water partition coefficient (Wildman–Crippen LogP) is 1.90. The molecular formula is C16H16N6OS. The molecule has 2 aromatic heterocycles. The Morgan fingerprint density at radius 2 is 2.04 bits per heavy atom. The van der Waals surface area contributed by atoms with Crippen LogP contribution in [-0.4, -0.2) is 42.2 Å². The molecule has 0 unspecified atom stereocenters. The number of para-hydroxylation sites is 1. The second kappa shape index (κ2) is 6.12. The molecule has 3 aromatic rings. The number of aryl methyl sites for hydroxylation is 1. The Morgan fingerprint density at radius 3 is 2.79 bits per heavy atom. The molecule has 8 heteroatoms. The number of amides is 1. The van der Waals surface area contributed by atoms with Gasteiger partial charge in [0.2, 0.25) is 5.91 Å². The van der Waals surface area contributed by atoms with Gasteiger partial charge in [-0.1, -0.05) is 30.0 Å². The summed E-state index contributed by atoms with van der Waals surface area (Å²) in [6.45, 7) is 0.696. The van der Waals surface area contributed by atoms with E-state index in [0.29, 0.717) is 6.54 Å². The third-order valence-corrected chi connectivity index (χ3v) is 5.17. The number of benzene rings is 1. The number of anilines is 1. The van der Waals surface area contributed by atoms with Crippen LogP contribution in [0.2, 0.25) is 0 Å². The quantitative estimate of drug-likeness (QED) is 0.725. The zero-order valence-corrected chi connectivity index (χ0v) is 13.9. The van der Waals surface area contributed by atoms with Crippen LogP contribution in [0, 0.1) is 0 Å². The van der Waals surface area contributed by atoms with Crippen LogP contribution in [0.15, 0.2) is 54.2 Å². The minimum absolute atomic E-state index is 0.0932. The number of nitrogens with zero attached hydrogens (tertiary/aromatic N) is 6. The summed E-state index contributed by atoms with van der Waals surface area (Å²) in [7, 11) is 1.85. The van der Waals surface area contributed by atoms with Gasteiger partial charge in [-0.25, -0.2) is 0 Å². The Balaban J connectivity index is 1.53. The molecule has 0 aliphatic carbocycles. The van der Waals surface area contributed by atoms with Crippen LogP contribution in [0.3, 0.4) is 0 Å². The molecule has 0 bridgehead atoms. The van der Waals surface area contributed by atoms with E-state index in [2.05, 4.69) is 15.3 Å². The van der Waals surface area contributed by atoms with Crippen LogP contribution >= 0.6 is 11.8 Å². The first-order chi connectivity index (χ1) is 11.7. The fourth-order valence-electron chi connectivity index (χ4n) is 2.76. The minimum Gasteiger partial charge on any atom is -0.308 e. The lowest BCUT2D eigenvalue weighted by atomic mass is 10.3. The molecule has 1 atom stereocenters. The van der Waals surface area contributed by atoms with E-state index in [-0.39, 0.29) is 11.2 Å². The summed E-state index contributed by atoms with van der Waals surface area (Å²) in [6.07, 6.45) is 6.03. The van der Waals surface area contributed by atoms with Gasteiger partial charge in [0.05, 0.1) is 17.1 Å². The molecule has 24 heavy (non-hydrogen) atoms. The van der Waals surface area contributed by atoms with Crippen molar-refractivity contribution in [2.24, 2.45) is 7.05 Å². The first-order valence-electron chi connectivity index (χ1n) is 7.64. The third kappa shape index (κ3) is 2.69. The Labute approximate surface area is 143 Å². The van der Waals surface area contributed by atoms with E-state index < -0.39 is 0 Å². The second-order valence-electron chi connectivity index (χ2n) is 5.58. The molecule has 0 spiro atoms. The van der Waals surface area contributed by atoms with Gasteiger partial charge in [-0.15, -0.1) is 10.2 Å². The minimum atomic E-state index is -0.156. The van der Waals surface area contributed by atoms with E-state index in [1.165, 1.54) is 11.8 Å². The number of aromatic nitrogens is 5. The summed E-state index contributed by atoms with van der Waals surface area (Å²) >= 11 is 1.46. The highest BCUT2D eigenvalue weighted by molar-refractivity contribution is 8.00. The SMILES string of the molecule is Cn1cc(N2CC[C@@H](Sc3nncn3-c3ccccc3)C2=O)cn1. The van der Waals surface area contributed by atoms with E-state index in [4.69, 9.17) is 0 Å². The highest BCUT2D eigenvalue weighted by Gasteiger charge is 2.35. The smallest absolute Gasteiger partial charge is 0.240 e. The highest BCUT2D eigenvalue weighted by Crippen LogP contribution is 2.32. The van der Waals surface area contributed by atoms with E-state index in [9.17, 15) is 4.79 Å². The van der Waals surface area contributed by atoms with Crippen LogP contribution in [-0.2, 0) is 11.8 Å². The third-order valence-electron chi connectivity index (χ3n) is 3.96. The van der Waals surface area contributed by atoms with Gasteiger partial charge >= 0.3 is 0 Å². The van der Waals surface area contributed by atoms with Crippen LogP contribution in [0.25, 0.3) is 5.69 Å². The number of hydrogen-bond donors (Lipinski definition) is 0. The molecule has 1 saturated heterocycles. The summed E-state index contributed by atoms with van der Waals surface area (Å²) in [5.41, 5.74) is 1.83. The summed E-state index contributed by atoms with van der Waals surface area (Å²) in [4.78, 5) is 14.5. The zero-order valence-electron chi connectivity index (χ0n) is 13.1. The Hall–Kier alpha value is -2.61. The molecular weight excluding hydrogens is 324 g/mol. The largest absolute Gasteiger partial charge is 0.308 e. The lowest BCUT2D eigenvalue weighted by Gasteiger charge is -2.14. The maximum atomic E-state index is 12.7. The van der Waals surface area contributed by atoms with Crippen molar-refractivity contribution < 1.29 is 4.79 Å². The van der Waals surface area contributed by atoms with E-state index in [0.717, 1.165) is 23.0 Å². The van der Waals surface area contributed by atoms with Gasteiger partial charge in [-0.3, -0.25) is 14.0 Å². The number of carbonyl (C=O) groups excluding carboxylic acids is 1. The number of rotatable bonds is 4. The van der Waals surface area contributed by atoms with Crippen molar-refractivity contribution in [1.82, 2.24) is 24.5 Å². The molecule has 1 aliphatic heterocycles. The van der Waals surface area contributed by atoms with Crippen molar-refractivity contribution >= 4 is 23.4 Å². The molecule has 1 fully saturated rings. The Morgan fingerprint density at radius 1 is 1.21 bits per heavy atom. The van der Waals surface area contributed by atoms with E-state index in [1.807, 2.05) is 48.1 Å². The van der Waals surface area contributed by atoms with Gasteiger partial charge in [0, 0.05) is 25.5 Å². The molecule has 1 aromatic carbocycles. The average molecular weight is 340 g/mol. The number of hydrogen-bond acceptors (Lipinski definition) is 5. The zero-order chi connectivity index (χ0) is 16.5. The lowest BCUT2D eigenvalue weighted by Crippen LogP contribution is -2.27. The van der Waals surface area contributed by atoms with Crippen molar-refractivity contribution in [3.63, 3.8) is 0 Å². The molecule has 0 N–H and O–H groups in total. The van der Waals surface area contributed by atoms with Crippen molar-refractivity contribution in [2.75, 3.05) is 11.4 Å². The first kappa shape index (κ1) is 14.9. The molecule has 0 radical (unpaired) electrons. The van der Waals surface area contributed by atoms with Crippen molar-refractivity contribution in [3.05, 3.63) is 49.1 Å². The number of carbonyl (C=O) groups is 1. The van der Waals surface area contributed by atoms with Crippen molar-refractivity contribution in [3.8, 4) is 5.69 Å². The second-order valence-corrected chi connectivity index (χ2v) is 6.75. The maximum Gasteiger partial charge on any atom is 0.240 e. The van der Waals surface area contributed by atoms with Crippen molar-refractivity contribution in [2.45, 2.75) is 16.8 Å². The van der Waals surface area contributed by atoms with Gasteiger partial charge in [-0.2, -0.15) is 5.10 Å². The monoisotopic (exact) mass is 340 g/mol. The molecule has 1 amide bonds. The van der Waals surface area contributed by atoms with Crippen LogP contribution in [0.1, 0.15) is 6.42 Å². The summed E-state index contributed by atoms with van der Waals surface area (Å²) in [6, 6.07) is 9.88. The fraction of sp³-hybridized carbons (Fsp3) is 0.250. The molecule has 3 heterocycles. The summed E-state index contributed by atoms with van der Waals surface area (Å²) < 4.78 is 3.61. The highest BCUT2D eigenvalue weighted by atomic mass is 32.2. The van der Waals surface area contributed by atoms with Crippen LogP contribution < -0.4 is 4.90 Å². The van der Waals surface area contributed by atoms with E-state index >= 15 is 0 Å². The number of thioether (sulfide) groups is 1. The molecule has 1 aliphatic rings. The van der Waals surface area contributed by atoms with E-state index in [1.54, 1.807) is 22.1 Å². The summed E-state index contributed by atoms with van der Waals surface area (Å²) in [5.74, 6) is 0.0932. The van der Waals surface area contributed by atoms with Gasteiger partial charge in [-0.05, 0) is 18.6 Å². The van der Waals surface area contributed by atoms with Crippen LogP contribution in [0.5, 0.6) is 0 Å². The Bertz CT molecular complexity index is 858. The van der Waals surface area contributed by atoms with Gasteiger partial charge in [0.25, 0.3) is 0 Å². The molecule has 122 valence electrons. The Kier molecular flexibility index (Phi) is 3.81. The maximum absolute atomic E-state index is 12.7. The van der Waals surface area contributed by atoms with Crippen LogP contribution in [0.4, 0.5) is 5.69 Å². The molecule has 7 nitrogen and oxygen atoms in total. The normalized spacial score (nSPS) is 17.6. The lowest BCUT2D eigenvalue weighted by molar-refractivity contribution is -0.116. The average Bonchev–Trinajstić information content (AvgIpc) is 3.31.